The first kappa shape index (κ1) is 9.89. The van der Waals surface area contributed by atoms with Crippen LogP contribution in [0.1, 0.15) is 5.82 Å². The topological polar surface area (TPSA) is 54.7 Å². The lowest BCUT2D eigenvalue weighted by molar-refractivity contribution is 0.893. The first-order valence-corrected chi connectivity index (χ1v) is 5.97. The Balaban J connectivity index is 2.35. The number of aromatic amines is 1. The van der Waals surface area contributed by atoms with Gasteiger partial charge in [0.15, 0.2) is 0 Å². The standard InChI is InChI=1S/C9H10BrN3S/c10-9-8(6-2-1-5-14-6)12-7(13-9)3-4-11/h1-2,5H,3-4,11H2,(H,12,13). The van der Waals surface area contributed by atoms with E-state index in [0.29, 0.717) is 6.54 Å². The molecule has 0 atom stereocenters. The van der Waals surface area contributed by atoms with E-state index in [1.165, 1.54) is 0 Å². The molecule has 2 aromatic heterocycles. The van der Waals surface area contributed by atoms with Crippen molar-refractivity contribution in [2.45, 2.75) is 6.42 Å². The normalized spacial score (nSPS) is 10.7. The Morgan fingerprint density at radius 3 is 3.07 bits per heavy atom. The fourth-order valence-electron chi connectivity index (χ4n) is 1.23. The summed E-state index contributed by atoms with van der Waals surface area (Å²) in [6, 6.07) is 4.07. The Labute approximate surface area is 94.5 Å². The minimum absolute atomic E-state index is 0.615. The van der Waals surface area contributed by atoms with E-state index in [2.05, 4.69) is 32.0 Å². The summed E-state index contributed by atoms with van der Waals surface area (Å²) in [7, 11) is 0. The van der Waals surface area contributed by atoms with E-state index in [-0.39, 0.29) is 0 Å². The molecule has 0 aromatic carbocycles. The van der Waals surface area contributed by atoms with Gasteiger partial charge in [0, 0.05) is 6.42 Å². The van der Waals surface area contributed by atoms with Crippen LogP contribution >= 0.6 is 27.3 Å². The van der Waals surface area contributed by atoms with Crippen LogP contribution in [0.15, 0.2) is 22.1 Å². The number of nitrogens with one attached hydrogen (secondary N) is 1. The molecule has 0 aliphatic rings. The number of aromatic nitrogens is 2. The maximum absolute atomic E-state index is 5.47. The molecule has 3 N–H and O–H groups in total. The second-order valence-electron chi connectivity index (χ2n) is 2.86. The van der Waals surface area contributed by atoms with Gasteiger partial charge in [-0.2, -0.15) is 0 Å². The highest BCUT2D eigenvalue weighted by Crippen LogP contribution is 2.29. The summed E-state index contributed by atoms with van der Waals surface area (Å²) < 4.78 is 0.934. The maximum Gasteiger partial charge on any atom is 0.113 e. The van der Waals surface area contributed by atoms with Crippen molar-refractivity contribution in [1.29, 1.82) is 0 Å². The summed E-state index contributed by atoms with van der Waals surface area (Å²) in [5, 5.41) is 2.04. The average molecular weight is 272 g/mol. The maximum atomic E-state index is 5.47. The molecule has 0 spiro atoms. The van der Waals surface area contributed by atoms with E-state index in [1.54, 1.807) is 11.3 Å². The molecule has 0 amide bonds. The molecule has 0 aliphatic heterocycles. The number of nitrogens with zero attached hydrogens (tertiary/aromatic N) is 1. The molecule has 0 fully saturated rings. The predicted molar refractivity (Wildman–Crippen MR) is 62.4 cm³/mol. The van der Waals surface area contributed by atoms with Gasteiger partial charge in [0.1, 0.15) is 16.1 Å². The van der Waals surface area contributed by atoms with Gasteiger partial charge in [0.2, 0.25) is 0 Å². The fourth-order valence-corrected chi connectivity index (χ4v) is 2.61. The van der Waals surface area contributed by atoms with Crippen molar-refractivity contribution in [3.8, 4) is 10.6 Å². The zero-order chi connectivity index (χ0) is 9.97. The third-order valence-corrected chi connectivity index (χ3v) is 3.29. The van der Waals surface area contributed by atoms with E-state index in [0.717, 1.165) is 27.4 Å². The lowest BCUT2D eigenvalue weighted by atomic mass is 10.4. The van der Waals surface area contributed by atoms with Crippen LogP contribution in [0.2, 0.25) is 0 Å². The molecule has 0 saturated carbocycles. The molecule has 3 nitrogen and oxygen atoms in total. The first-order valence-electron chi connectivity index (χ1n) is 4.29. The number of imidazole rings is 1. The van der Waals surface area contributed by atoms with E-state index < -0.39 is 0 Å². The number of H-pyrrole nitrogens is 1. The third kappa shape index (κ3) is 1.89. The van der Waals surface area contributed by atoms with Gasteiger partial charge < -0.3 is 10.7 Å². The van der Waals surface area contributed by atoms with Gasteiger partial charge in [-0.1, -0.05) is 6.07 Å². The van der Waals surface area contributed by atoms with Gasteiger partial charge in [0.05, 0.1) is 4.88 Å². The van der Waals surface area contributed by atoms with Gasteiger partial charge in [-0.3, -0.25) is 0 Å². The van der Waals surface area contributed by atoms with Crippen molar-refractivity contribution < 1.29 is 0 Å². The van der Waals surface area contributed by atoms with E-state index in [9.17, 15) is 0 Å². The zero-order valence-corrected chi connectivity index (χ0v) is 9.86. The molecule has 2 rings (SSSR count). The minimum Gasteiger partial charge on any atom is -0.336 e. The Hall–Kier alpha value is -0.650. The molecule has 14 heavy (non-hydrogen) atoms. The molecule has 0 aliphatic carbocycles. The summed E-state index contributed by atoms with van der Waals surface area (Å²) >= 11 is 5.13. The van der Waals surface area contributed by atoms with Crippen LogP contribution in [0, 0.1) is 0 Å². The van der Waals surface area contributed by atoms with Crippen LogP contribution in [0.3, 0.4) is 0 Å². The van der Waals surface area contributed by atoms with Crippen molar-refractivity contribution in [1.82, 2.24) is 9.97 Å². The Morgan fingerprint density at radius 2 is 2.43 bits per heavy atom. The fraction of sp³-hybridized carbons (Fsp3) is 0.222. The molecule has 0 unspecified atom stereocenters. The molecule has 2 heterocycles. The quantitative estimate of drug-likeness (QED) is 0.901. The SMILES string of the molecule is NCCc1nc(-c2cccs2)c(Br)[nH]1. The molecule has 74 valence electrons. The van der Waals surface area contributed by atoms with Crippen molar-refractivity contribution in [2.24, 2.45) is 5.73 Å². The number of halogens is 1. The van der Waals surface area contributed by atoms with Gasteiger partial charge in [-0.25, -0.2) is 4.98 Å². The number of nitrogens with two attached hydrogens (primary N) is 1. The summed E-state index contributed by atoms with van der Waals surface area (Å²) in [5.74, 6) is 0.933. The van der Waals surface area contributed by atoms with E-state index >= 15 is 0 Å². The average Bonchev–Trinajstić information content (AvgIpc) is 2.74. The summed E-state index contributed by atoms with van der Waals surface area (Å²) in [4.78, 5) is 8.80. The molecule has 2 aromatic rings. The van der Waals surface area contributed by atoms with Crippen molar-refractivity contribution in [3.05, 3.63) is 27.9 Å². The van der Waals surface area contributed by atoms with Crippen LogP contribution < -0.4 is 5.73 Å². The summed E-state index contributed by atoms with van der Waals surface area (Å²) in [6.07, 6.45) is 0.782. The van der Waals surface area contributed by atoms with Gasteiger partial charge in [-0.05, 0) is 33.9 Å². The monoisotopic (exact) mass is 271 g/mol. The minimum atomic E-state index is 0.615. The molecular formula is C9H10BrN3S. The Kier molecular flexibility index (Phi) is 3.00. The second kappa shape index (κ2) is 4.25. The largest absolute Gasteiger partial charge is 0.336 e. The zero-order valence-electron chi connectivity index (χ0n) is 7.46. The first-order chi connectivity index (χ1) is 6.81. The number of thiophene rings is 1. The lowest BCUT2D eigenvalue weighted by Gasteiger charge is -1.89. The number of hydrogen-bond acceptors (Lipinski definition) is 3. The van der Waals surface area contributed by atoms with Crippen molar-refractivity contribution >= 4 is 27.3 Å². The Morgan fingerprint density at radius 1 is 1.57 bits per heavy atom. The summed E-state index contributed by atoms with van der Waals surface area (Å²) in [6.45, 7) is 0.615. The highest BCUT2D eigenvalue weighted by molar-refractivity contribution is 9.10. The van der Waals surface area contributed by atoms with Crippen LogP contribution in [0.25, 0.3) is 10.6 Å². The van der Waals surface area contributed by atoms with E-state index in [1.807, 2.05) is 11.4 Å². The molecule has 5 heteroatoms. The highest BCUT2D eigenvalue weighted by atomic mass is 79.9. The molecular weight excluding hydrogens is 262 g/mol. The summed E-state index contributed by atoms with van der Waals surface area (Å²) in [5.41, 5.74) is 6.44. The van der Waals surface area contributed by atoms with Crippen LogP contribution in [0.5, 0.6) is 0 Å². The third-order valence-electron chi connectivity index (χ3n) is 1.84. The van der Waals surface area contributed by atoms with Crippen molar-refractivity contribution in [3.63, 3.8) is 0 Å². The molecule has 0 bridgehead atoms. The predicted octanol–water partition coefficient (Wildman–Crippen LogP) is 2.40. The van der Waals surface area contributed by atoms with Crippen LogP contribution in [-0.4, -0.2) is 16.5 Å². The van der Waals surface area contributed by atoms with Crippen LogP contribution in [0.4, 0.5) is 0 Å². The second-order valence-corrected chi connectivity index (χ2v) is 4.60. The van der Waals surface area contributed by atoms with Gasteiger partial charge in [0.25, 0.3) is 0 Å². The van der Waals surface area contributed by atoms with Gasteiger partial charge >= 0.3 is 0 Å². The molecule has 0 radical (unpaired) electrons. The lowest BCUT2D eigenvalue weighted by Crippen LogP contribution is -2.03. The van der Waals surface area contributed by atoms with E-state index in [4.69, 9.17) is 5.73 Å². The number of hydrogen-bond donors (Lipinski definition) is 2. The molecule has 0 saturated heterocycles. The van der Waals surface area contributed by atoms with Crippen LogP contribution in [-0.2, 0) is 6.42 Å². The highest BCUT2D eigenvalue weighted by Gasteiger charge is 2.09. The Bertz CT molecular complexity index is 408. The number of rotatable bonds is 3. The van der Waals surface area contributed by atoms with Crippen molar-refractivity contribution in [2.75, 3.05) is 6.54 Å². The smallest absolute Gasteiger partial charge is 0.113 e. The van der Waals surface area contributed by atoms with Gasteiger partial charge in [-0.15, -0.1) is 11.3 Å².